The van der Waals surface area contributed by atoms with E-state index in [0.29, 0.717) is 41.6 Å². The highest BCUT2D eigenvalue weighted by atomic mass is 16.7. The average Bonchev–Trinajstić information content (AvgIpc) is 3.17. The number of hydrogen-bond acceptors (Lipinski definition) is 4. The van der Waals surface area contributed by atoms with Gasteiger partial charge in [-0.15, -0.1) is 0 Å². The molecule has 6 fully saturated rings. The van der Waals surface area contributed by atoms with Gasteiger partial charge in [-0.2, -0.15) is 0 Å². The van der Waals surface area contributed by atoms with Crippen LogP contribution in [0.5, 0.6) is 0 Å². The van der Waals surface area contributed by atoms with Gasteiger partial charge in [0.05, 0.1) is 24.4 Å². The summed E-state index contributed by atoms with van der Waals surface area (Å²) in [5.74, 6) is 2.93. The van der Waals surface area contributed by atoms with E-state index in [-0.39, 0.29) is 16.6 Å². The fourth-order valence-corrected chi connectivity index (χ4v) is 10.3. The molecule has 4 aliphatic carbocycles. The Kier molecular flexibility index (Phi) is 4.62. The lowest BCUT2D eigenvalue weighted by Gasteiger charge is -2.65. The van der Waals surface area contributed by atoms with Crippen LogP contribution in [0.4, 0.5) is 0 Å². The highest BCUT2D eigenvalue weighted by Gasteiger charge is 2.71. The molecule has 0 bridgehead atoms. The summed E-state index contributed by atoms with van der Waals surface area (Å²) in [5.41, 5.74) is -0.751. The van der Waals surface area contributed by atoms with Crippen LogP contribution in [-0.2, 0) is 9.47 Å². The Morgan fingerprint density at radius 1 is 0.903 bits per heavy atom. The molecule has 176 valence electrons. The number of fused-ring (bicyclic) bond motifs is 7. The van der Waals surface area contributed by atoms with E-state index in [2.05, 4.69) is 27.7 Å². The highest BCUT2D eigenvalue weighted by molar-refractivity contribution is 5.19. The van der Waals surface area contributed by atoms with Crippen molar-refractivity contribution in [3.05, 3.63) is 0 Å². The molecular weight excluding hydrogens is 388 g/mol. The van der Waals surface area contributed by atoms with Gasteiger partial charge < -0.3 is 19.7 Å². The van der Waals surface area contributed by atoms with E-state index in [4.69, 9.17) is 9.47 Å². The minimum absolute atomic E-state index is 0.136. The lowest BCUT2D eigenvalue weighted by Crippen LogP contribution is -2.67. The van der Waals surface area contributed by atoms with Crippen molar-refractivity contribution in [2.24, 2.45) is 46.3 Å². The Morgan fingerprint density at radius 2 is 1.68 bits per heavy atom. The summed E-state index contributed by atoms with van der Waals surface area (Å²) in [4.78, 5) is 0. The van der Waals surface area contributed by atoms with Crippen molar-refractivity contribution in [3.63, 3.8) is 0 Å². The number of aliphatic hydroxyl groups excluding tert-OH is 1. The molecule has 31 heavy (non-hydrogen) atoms. The first-order chi connectivity index (χ1) is 14.6. The Labute approximate surface area is 188 Å². The van der Waals surface area contributed by atoms with Gasteiger partial charge in [-0.05, 0) is 80.0 Å². The summed E-state index contributed by atoms with van der Waals surface area (Å²) < 4.78 is 13.3. The third-order valence-electron chi connectivity index (χ3n) is 12.1. The Hall–Kier alpha value is -0.160. The van der Waals surface area contributed by atoms with Crippen molar-refractivity contribution >= 4 is 0 Å². The van der Waals surface area contributed by atoms with Gasteiger partial charge in [0, 0.05) is 17.8 Å². The van der Waals surface area contributed by atoms with Crippen LogP contribution in [0.3, 0.4) is 0 Å². The van der Waals surface area contributed by atoms with Crippen LogP contribution < -0.4 is 0 Å². The summed E-state index contributed by atoms with van der Waals surface area (Å²) in [6, 6.07) is 0. The molecule has 6 rings (SSSR count). The molecule has 2 saturated heterocycles. The minimum Gasteiger partial charge on any atom is -0.390 e. The number of hydrogen-bond donors (Lipinski definition) is 2. The smallest absolute Gasteiger partial charge is 0.171 e. The Bertz CT molecular complexity index is 731. The highest BCUT2D eigenvalue weighted by Crippen LogP contribution is 2.71. The predicted octanol–water partition coefficient (Wildman–Crippen LogP) is 4.91. The summed E-state index contributed by atoms with van der Waals surface area (Å²) in [6.45, 7) is 10.4. The molecule has 0 amide bonds. The SMILES string of the molecule is CC1CC[C@@]2(OC1)O[C@H]1C[C@H]3[C@@H]4CC(O)C5(O)CCCC[C@]5(C)[C@H]4CC[C@]3(C)[C@H]1[C@@H]2C. The third-order valence-corrected chi connectivity index (χ3v) is 12.1. The molecule has 2 aliphatic heterocycles. The Balaban J connectivity index is 1.30. The average molecular weight is 433 g/mol. The van der Waals surface area contributed by atoms with E-state index >= 15 is 0 Å². The van der Waals surface area contributed by atoms with Crippen LogP contribution in [0.1, 0.15) is 91.9 Å². The largest absolute Gasteiger partial charge is 0.390 e. The standard InChI is InChI=1S/C27H44O4/c1-16-7-12-27(30-15-16)17(2)23-21(31-27)14-20-18-13-22(28)26(29)10-6-5-9-25(26,4)19(18)8-11-24(20,23)3/h16-23,28-29H,5-15H2,1-4H3/t16?,17-,18+,19-,20-,21-,22?,23-,24-,25+,26?,27+/m0/s1. The van der Waals surface area contributed by atoms with E-state index in [0.717, 1.165) is 45.1 Å². The third kappa shape index (κ3) is 2.57. The molecule has 4 nitrogen and oxygen atoms in total. The second-order valence-corrected chi connectivity index (χ2v) is 13.2. The van der Waals surface area contributed by atoms with E-state index in [9.17, 15) is 10.2 Å². The molecule has 0 aromatic carbocycles. The van der Waals surface area contributed by atoms with Gasteiger partial charge in [-0.3, -0.25) is 0 Å². The predicted molar refractivity (Wildman–Crippen MR) is 119 cm³/mol. The fraction of sp³-hybridized carbons (Fsp3) is 1.00. The Morgan fingerprint density at radius 3 is 2.42 bits per heavy atom. The second kappa shape index (κ2) is 6.71. The van der Waals surface area contributed by atoms with Crippen LogP contribution >= 0.6 is 0 Å². The molecule has 12 atom stereocenters. The van der Waals surface area contributed by atoms with Gasteiger partial charge in [0.2, 0.25) is 0 Å². The zero-order valence-electron chi connectivity index (χ0n) is 20.1. The van der Waals surface area contributed by atoms with Crippen molar-refractivity contribution in [3.8, 4) is 0 Å². The van der Waals surface area contributed by atoms with Crippen molar-refractivity contribution in [1.82, 2.24) is 0 Å². The number of rotatable bonds is 0. The van der Waals surface area contributed by atoms with Crippen molar-refractivity contribution < 1.29 is 19.7 Å². The van der Waals surface area contributed by atoms with Crippen LogP contribution in [-0.4, -0.2) is 40.4 Å². The van der Waals surface area contributed by atoms with E-state index in [1.54, 1.807) is 0 Å². The molecule has 0 radical (unpaired) electrons. The van der Waals surface area contributed by atoms with E-state index < -0.39 is 11.7 Å². The van der Waals surface area contributed by atoms with Gasteiger partial charge >= 0.3 is 0 Å². The first-order valence-corrected chi connectivity index (χ1v) is 13.4. The maximum atomic E-state index is 11.7. The van der Waals surface area contributed by atoms with Gasteiger partial charge in [-0.25, -0.2) is 0 Å². The lowest BCUT2D eigenvalue weighted by molar-refractivity contribution is -0.277. The van der Waals surface area contributed by atoms with Gasteiger partial charge in [0.1, 0.15) is 0 Å². The molecule has 4 heteroatoms. The summed E-state index contributed by atoms with van der Waals surface area (Å²) in [5, 5.41) is 22.9. The van der Waals surface area contributed by atoms with Gasteiger partial charge in [0.25, 0.3) is 0 Å². The first-order valence-electron chi connectivity index (χ1n) is 13.4. The molecular formula is C27H44O4. The van der Waals surface area contributed by atoms with Crippen LogP contribution in [0, 0.1) is 46.3 Å². The molecule has 4 saturated carbocycles. The van der Waals surface area contributed by atoms with Gasteiger partial charge in [0.15, 0.2) is 5.79 Å². The van der Waals surface area contributed by atoms with Crippen molar-refractivity contribution in [2.75, 3.05) is 6.61 Å². The van der Waals surface area contributed by atoms with E-state index in [1.807, 2.05) is 0 Å². The maximum absolute atomic E-state index is 11.7. The van der Waals surface area contributed by atoms with Crippen LogP contribution in [0.15, 0.2) is 0 Å². The first kappa shape index (κ1) is 21.4. The monoisotopic (exact) mass is 432 g/mol. The van der Waals surface area contributed by atoms with Crippen LogP contribution in [0.2, 0.25) is 0 Å². The maximum Gasteiger partial charge on any atom is 0.171 e. The summed E-state index contributed by atoms with van der Waals surface area (Å²) in [6.07, 6.45) is 10.4. The second-order valence-electron chi connectivity index (χ2n) is 13.2. The zero-order chi connectivity index (χ0) is 21.8. The molecule has 6 aliphatic rings. The lowest BCUT2D eigenvalue weighted by atomic mass is 9.42. The molecule has 3 unspecified atom stereocenters. The normalized spacial score (nSPS) is 63.3. The molecule has 2 N–H and O–H groups in total. The number of aliphatic hydroxyl groups is 2. The quantitative estimate of drug-likeness (QED) is 0.571. The van der Waals surface area contributed by atoms with Crippen molar-refractivity contribution in [2.45, 2.75) is 115 Å². The summed E-state index contributed by atoms with van der Waals surface area (Å²) in [7, 11) is 0. The van der Waals surface area contributed by atoms with E-state index in [1.165, 1.54) is 25.7 Å². The molecule has 0 aromatic rings. The topological polar surface area (TPSA) is 58.9 Å². The fourth-order valence-electron chi connectivity index (χ4n) is 10.3. The van der Waals surface area contributed by atoms with Gasteiger partial charge in [-0.1, -0.05) is 40.5 Å². The molecule has 1 spiro atoms. The summed E-state index contributed by atoms with van der Waals surface area (Å²) >= 11 is 0. The zero-order valence-corrected chi connectivity index (χ0v) is 20.1. The minimum atomic E-state index is -0.880. The van der Waals surface area contributed by atoms with Crippen molar-refractivity contribution in [1.29, 1.82) is 0 Å². The molecule has 0 aromatic heterocycles. The van der Waals surface area contributed by atoms with Crippen LogP contribution in [0.25, 0.3) is 0 Å². The number of ether oxygens (including phenoxy) is 2. The molecule has 2 heterocycles.